The first-order chi connectivity index (χ1) is 10.6. The lowest BCUT2D eigenvalue weighted by Gasteiger charge is -2.11. The number of halogens is 1. The van der Waals surface area contributed by atoms with Gasteiger partial charge in [0.15, 0.2) is 0 Å². The van der Waals surface area contributed by atoms with Crippen LogP contribution in [0.2, 0.25) is 0 Å². The van der Waals surface area contributed by atoms with E-state index in [1.54, 1.807) is 0 Å². The fourth-order valence-electron chi connectivity index (χ4n) is 2.95. The van der Waals surface area contributed by atoms with E-state index in [-0.39, 0.29) is 5.91 Å². The summed E-state index contributed by atoms with van der Waals surface area (Å²) >= 11 is 3.47. The first-order valence-electron chi connectivity index (χ1n) is 7.68. The van der Waals surface area contributed by atoms with E-state index < -0.39 is 0 Å². The van der Waals surface area contributed by atoms with Crippen LogP contribution in [0.15, 0.2) is 28.7 Å². The van der Waals surface area contributed by atoms with Crippen molar-refractivity contribution in [2.75, 3.05) is 0 Å². The van der Waals surface area contributed by atoms with Crippen molar-refractivity contribution in [1.29, 1.82) is 0 Å². The molecule has 1 aliphatic carbocycles. The van der Waals surface area contributed by atoms with Gasteiger partial charge in [-0.2, -0.15) is 0 Å². The number of benzene rings is 1. The highest BCUT2D eigenvalue weighted by atomic mass is 79.9. The maximum Gasteiger partial charge on any atom is 0.224 e. The summed E-state index contributed by atoms with van der Waals surface area (Å²) in [6.45, 7) is 0.493. The van der Waals surface area contributed by atoms with Crippen molar-refractivity contribution >= 4 is 21.8 Å². The van der Waals surface area contributed by atoms with E-state index in [0.717, 1.165) is 28.7 Å². The molecule has 5 heteroatoms. The van der Waals surface area contributed by atoms with Crippen LogP contribution in [0, 0.1) is 0 Å². The topological polar surface area (TPSA) is 46.9 Å². The molecule has 1 aromatic carbocycles. The maximum atomic E-state index is 12.1. The molecule has 0 atom stereocenters. The highest BCUT2D eigenvalue weighted by molar-refractivity contribution is 9.10. The second-order valence-corrected chi connectivity index (χ2v) is 6.59. The van der Waals surface area contributed by atoms with E-state index in [1.165, 1.54) is 24.2 Å². The minimum atomic E-state index is 0.0212. The Hall–Kier alpha value is -1.62. The normalized spacial score (nSPS) is 13.7. The van der Waals surface area contributed by atoms with Crippen LogP contribution in [0.5, 0.6) is 0 Å². The molecule has 0 aliphatic heterocycles. The number of aromatic nitrogens is 2. The van der Waals surface area contributed by atoms with Crippen LogP contribution in [0.25, 0.3) is 0 Å². The number of carbonyl (C=O) groups is 1. The van der Waals surface area contributed by atoms with Gasteiger partial charge >= 0.3 is 0 Å². The molecule has 1 aliphatic rings. The molecule has 0 spiro atoms. The molecule has 2 aromatic rings. The summed E-state index contributed by atoms with van der Waals surface area (Å²) in [6.07, 6.45) is 5.00. The molecule has 0 saturated heterocycles. The molecule has 22 heavy (non-hydrogen) atoms. The van der Waals surface area contributed by atoms with Crippen LogP contribution in [0.1, 0.15) is 35.6 Å². The van der Waals surface area contributed by atoms with Gasteiger partial charge in [-0.25, -0.2) is 4.98 Å². The van der Waals surface area contributed by atoms with Crippen LogP contribution < -0.4 is 5.32 Å². The lowest BCUT2D eigenvalue weighted by molar-refractivity contribution is -0.120. The Kier molecular flexibility index (Phi) is 4.62. The molecule has 1 amide bonds. The lowest BCUT2D eigenvalue weighted by atomic mass is 10.0. The van der Waals surface area contributed by atoms with Gasteiger partial charge in [0, 0.05) is 17.2 Å². The van der Waals surface area contributed by atoms with Crippen LogP contribution in [-0.4, -0.2) is 15.5 Å². The molecule has 1 aromatic heterocycles. The Morgan fingerprint density at radius 2 is 2.09 bits per heavy atom. The minimum absolute atomic E-state index is 0.0212. The number of imidazole rings is 1. The zero-order chi connectivity index (χ0) is 15.5. The third kappa shape index (κ3) is 3.24. The van der Waals surface area contributed by atoms with Gasteiger partial charge in [-0.1, -0.05) is 34.1 Å². The molecule has 0 bridgehead atoms. The predicted octanol–water partition coefficient (Wildman–Crippen LogP) is 2.92. The summed E-state index contributed by atoms with van der Waals surface area (Å²) < 4.78 is 3.12. The van der Waals surface area contributed by atoms with Crippen LogP contribution >= 0.6 is 15.9 Å². The minimum Gasteiger partial charge on any atom is -0.349 e. The molecule has 0 fully saturated rings. The van der Waals surface area contributed by atoms with Gasteiger partial charge in [0.1, 0.15) is 5.82 Å². The van der Waals surface area contributed by atoms with E-state index in [9.17, 15) is 4.79 Å². The molecular weight excluding hydrogens is 342 g/mol. The molecule has 4 nitrogen and oxygen atoms in total. The Morgan fingerprint density at radius 3 is 2.86 bits per heavy atom. The second kappa shape index (κ2) is 6.65. The van der Waals surface area contributed by atoms with Gasteiger partial charge in [-0.3, -0.25) is 4.79 Å². The largest absolute Gasteiger partial charge is 0.349 e. The number of amides is 1. The van der Waals surface area contributed by atoms with Gasteiger partial charge in [0.05, 0.1) is 18.7 Å². The molecule has 0 radical (unpaired) electrons. The number of hydrogen-bond acceptors (Lipinski definition) is 2. The van der Waals surface area contributed by atoms with Crippen LogP contribution in [-0.2, 0) is 37.6 Å². The summed E-state index contributed by atoms with van der Waals surface area (Å²) in [4.78, 5) is 16.8. The molecule has 1 N–H and O–H groups in total. The Bertz CT molecular complexity index is 693. The average Bonchev–Trinajstić information content (AvgIpc) is 2.84. The summed E-state index contributed by atoms with van der Waals surface area (Å²) in [5.74, 6) is 0.972. The average molecular weight is 362 g/mol. The van der Waals surface area contributed by atoms with Crippen molar-refractivity contribution in [3.63, 3.8) is 0 Å². The third-order valence-electron chi connectivity index (χ3n) is 4.22. The maximum absolute atomic E-state index is 12.1. The van der Waals surface area contributed by atoms with Crippen LogP contribution in [0.3, 0.4) is 0 Å². The number of carbonyl (C=O) groups excluding carboxylic acids is 1. The van der Waals surface area contributed by atoms with Crippen molar-refractivity contribution in [1.82, 2.24) is 14.9 Å². The second-order valence-electron chi connectivity index (χ2n) is 5.73. The molecule has 1 heterocycles. The summed E-state index contributed by atoms with van der Waals surface area (Å²) in [7, 11) is 2.05. The lowest BCUT2D eigenvalue weighted by Crippen LogP contribution is -2.26. The molecule has 0 saturated carbocycles. The van der Waals surface area contributed by atoms with Gasteiger partial charge in [0.2, 0.25) is 5.91 Å². The zero-order valence-corrected chi connectivity index (χ0v) is 14.3. The number of hydrogen-bond donors (Lipinski definition) is 1. The quantitative estimate of drug-likeness (QED) is 0.909. The number of nitrogens with zero attached hydrogens (tertiary/aromatic N) is 2. The van der Waals surface area contributed by atoms with Gasteiger partial charge < -0.3 is 9.88 Å². The summed E-state index contributed by atoms with van der Waals surface area (Å²) in [5, 5.41) is 2.98. The molecule has 0 unspecified atom stereocenters. The number of aryl methyl sites for hydroxylation is 1. The van der Waals surface area contributed by atoms with E-state index in [0.29, 0.717) is 13.0 Å². The predicted molar refractivity (Wildman–Crippen MR) is 89.5 cm³/mol. The first kappa shape index (κ1) is 15.3. The Labute approximate surface area is 139 Å². The molecule has 116 valence electrons. The van der Waals surface area contributed by atoms with Gasteiger partial charge in [0.25, 0.3) is 0 Å². The number of fused-ring (bicyclic) bond motifs is 1. The van der Waals surface area contributed by atoms with Crippen molar-refractivity contribution < 1.29 is 4.79 Å². The van der Waals surface area contributed by atoms with E-state index in [2.05, 4.69) is 30.8 Å². The van der Waals surface area contributed by atoms with E-state index in [4.69, 9.17) is 0 Å². The van der Waals surface area contributed by atoms with Gasteiger partial charge in [-0.15, -0.1) is 0 Å². The van der Waals surface area contributed by atoms with Crippen molar-refractivity contribution in [3.8, 4) is 0 Å². The molecule has 3 rings (SSSR count). The monoisotopic (exact) mass is 361 g/mol. The smallest absolute Gasteiger partial charge is 0.224 e. The third-order valence-corrected chi connectivity index (χ3v) is 4.99. The number of rotatable bonds is 4. The van der Waals surface area contributed by atoms with Crippen molar-refractivity contribution in [2.45, 2.75) is 38.6 Å². The summed E-state index contributed by atoms with van der Waals surface area (Å²) in [5.41, 5.74) is 3.55. The molecular formula is C17H20BrN3O. The highest BCUT2D eigenvalue weighted by Crippen LogP contribution is 2.21. The first-order valence-corrected chi connectivity index (χ1v) is 8.48. The number of nitrogens with one attached hydrogen (secondary N) is 1. The van der Waals surface area contributed by atoms with Crippen LogP contribution in [0.4, 0.5) is 0 Å². The fraction of sp³-hybridized carbons (Fsp3) is 0.412. The van der Waals surface area contributed by atoms with E-state index in [1.807, 2.05) is 31.3 Å². The fourth-order valence-corrected chi connectivity index (χ4v) is 3.38. The summed E-state index contributed by atoms with van der Waals surface area (Å²) in [6, 6.07) is 7.81. The zero-order valence-electron chi connectivity index (χ0n) is 12.7. The van der Waals surface area contributed by atoms with Crippen molar-refractivity contribution in [2.24, 2.45) is 7.05 Å². The van der Waals surface area contributed by atoms with Crippen molar-refractivity contribution in [3.05, 3.63) is 51.5 Å². The highest BCUT2D eigenvalue weighted by Gasteiger charge is 2.18. The Balaban J connectivity index is 1.62. The Morgan fingerprint density at radius 1 is 1.32 bits per heavy atom. The van der Waals surface area contributed by atoms with E-state index >= 15 is 0 Å². The SMILES string of the molecule is Cn1c(CNC(=O)Cc2ccccc2Br)nc2c1CCCC2. The van der Waals surface area contributed by atoms with Gasteiger partial charge in [-0.05, 0) is 37.3 Å². The standard InChI is InChI=1S/C17H20BrN3O/c1-21-15-9-5-4-8-14(15)20-16(21)11-19-17(22)10-12-6-2-3-7-13(12)18/h2-3,6-7H,4-5,8-11H2,1H3,(H,19,22).